The Morgan fingerprint density at radius 2 is 1.50 bits per heavy atom. The van der Waals surface area contributed by atoms with Crippen LogP contribution in [0.2, 0.25) is 0 Å². The second-order valence-electron chi connectivity index (χ2n) is 6.55. The van der Waals surface area contributed by atoms with Gasteiger partial charge in [-0.05, 0) is 66.9 Å². The normalized spacial score (nSPS) is 10.4. The molecule has 5 nitrogen and oxygen atoms in total. The van der Waals surface area contributed by atoms with Gasteiger partial charge < -0.3 is 10.6 Å². The van der Waals surface area contributed by atoms with Crippen molar-refractivity contribution in [3.63, 3.8) is 0 Å². The summed E-state index contributed by atoms with van der Waals surface area (Å²) in [6.07, 6.45) is 0. The average molecular weight is 377 g/mol. The van der Waals surface area contributed by atoms with E-state index in [4.69, 9.17) is 0 Å². The second-order valence-corrected chi connectivity index (χ2v) is 6.55. The standard InChI is InChI=1S/C22H20FN3O2/c1-14-10-15(2)12-18(11-14)25-22(28)20-5-3-4-19(26-20)21(27)24-13-16-6-8-17(23)9-7-16/h3-12H,13H2,1-2H3,(H,24,27)(H,25,28). The van der Waals surface area contributed by atoms with Crippen molar-refractivity contribution in [3.05, 3.63) is 94.6 Å². The molecule has 0 spiro atoms. The molecule has 2 N–H and O–H groups in total. The Bertz CT molecular complexity index is 996. The number of rotatable bonds is 5. The maximum absolute atomic E-state index is 12.9. The Morgan fingerprint density at radius 3 is 2.14 bits per heavy atom. The van der Waals surface area contributed by atoms with Gasteiger partial charge in [-0.3, -0.25) is 9.59 Å². The third-order valence-corrected chi connectivity index (χ3v) is 4.06. The molecule has 0 radical (unpaired) electrons. The molecule has 0 saturated heterocycles. The number of anilines is 1. The number of hydrogen-bond acceptors (Lipinski definition) is 3. The van der Waals surface area contributed by atoms with Gasteiger partial charge in [0.05, 0.1) is 0 Å². The van der Waals surface area contributed by atoms with Crippen LogP contribution < -0.4 is 10.6 Å². The van der Waals surface area contributed by atoms with Gasteiger partial charge >= 0.3 is 0 Å². The van der Waals surface area contributed by atoms with Crippen LogP contribution in [-0.2, 0) is 6.54 Å². The third-order valence-electron chi connectivity index (χ3n) is 4.06. The summed E-state index contributed by atoms with van der Waals surface area (Å²) in [6, 6.07) is 16.3. The zero-order valence-corrected chi connectivity index (χ0v) is 15.6. The van der Waals surface area contributed by atoms with E-state index in [0.717, 1.165) is 16.7 Å². The van der Waals surface area contributed by atoms with Crippen molar-refractivity contribution in [1.82, 2.24) is 10.3 Å². The summed E-state index contributed by atoms with van der Waals surface area (Å²) < 4.78 is 12.9. The predicted molar refractivity (Wildman–Crippen MR) is 106 cm³/mol. The largest absolute Gasteiger partial charge is 0.347 e. The van der Waals surface area contributed by atoms with Crippen LogP contribution >= 0.6 is 0 Å². The van der Waals surface area contributed by atoms with Crippen LogP contribution in [0.3, 0.4) is 0 Å². The molecule has 0 atom stereocenters. The first-order chi connectivity index (χ1) is 13.4. The molecule has 2 amide bonds. The Balaban J connectivity index is 1.67. The molecule has 0 aliphatic carbocycles. The fourth-order valence-electron chi connectivity index (χ4n) is 2.80. The number of carbonyl (C=O) groups excluding carboxylic acids is 2. The van der Waals surface area contributed by atoms with Crippen LogP contribution in [0.1, 0.15) is 37.7 Å². The van der Waals surface area contributed by atoms with Crippen molar-refractivity contribution in [2.24, 2.45) is 0 Å². The first kappa shape index (κ1) is 19.2. The van der Waals surface area contributed by atoms with E-state index in [1.807, 2.05) is 32.0 Å². The Labute approximate surface area is 162 Å². The molecule has 6 heteroatoms. The van der Waals surface area contributed by atoms with E-state index in [2.05, 4.69) is 15.6 Å². The number of carbonyl (C=O) groups is 2. The number of amides is 2. The van der Waals surface area contributed by atoms with Gasteiger partial charge in [-0.25, -0.2) is 9.37 Å². The number of nitrogens with one attached hydrogen (secondary N) is 2. The Kier molecular flexibility index (Phi) is 5.79. The zero-order chi connectivity index (χ0) is 20.1. The van der Waals surface area contributed by atoms with E-state index in [-0.39, 0.29) is 23.7 Å². The minimum absolute atomic E-state index is 0.134. The number of halogens is 1. The highest BCUT2D eigenvalue weighted by molar-refractivity contribution is 6.03. The van der Waals surface area contributed by atoms with Crippen LogP contribution in [0, 0.1) is 19.7 Å². The molecule has 1 heterocycles. The number of aromatic nitrogens is 1. The van der Waals surface area contributed by atoms with Crippen molar-refractivity contribution in [3.8, 4) is 0 Å². The summed E-state index contributed by atoms with van der Waals surface area (Å²) in [7, 11) is 0. The van der Waals surface area contributed by atoms with E-state index in [1.165, 1.54) is 18.2 Å². The molecule has 0 aliphatic rings. The molecular weight excluding hydrogens is 357 g/mol. The number of aryl methyl sites for hydroxylation is 2. The minimum atomic E-state index is -0.412. The van der Waals surface area contributed by atoms with Crippen molar-refractivity contribution < 1.29 is 14.0 Å². The molecule has 2 aromatic carbocycles. The fraction of sp³-hybridized carbons (Fsp3) is 0.136. The van der Waals surface area contributed by atoms with Gasteiger partial charge in [-0.1, -0.05) is 24.3 Å². The predicted octanol–water partition coefficient (Wildman–Crippen LogP) is 4.02. The number of pyridine rings is 1. The third kappa shape index (κ3) is 5.01. The van der Waals surface area contributed by atoms with Gasteiger partial charge in [0, 0.05) is 12.2 Å². The van der Waals surface area contributed by atoms with Gasteiger partial charge in [0.2, 0.25) is 0 Å². The molecule has 1 aromatic heterocycles. The van der Waals surface area contributed by atoms with E-state index in [1.54, 1.807) is 24.3 Å². The molecule has 0 fully saturated rings. The van der Waals surface area contributed by atoms with Crippen molar-refractivity contribution >= 4 is 17.5 Å². The van der Waals surface area contributed by atoms with Gasteiger partial charge in [0.1, 0.15) is 17.2 Å². The van der Waals surface area contributed by atoms with Crippen LogP contribution in [0.4, 0.5) is 10.1 Å². The summed E-state index contributed by atoms with van der Waals surface area (Å²) >= 11 is 0. The first-order valence-corrected chi connectivity index (χ1v) is 8.80. The molecule has 0 unspecified atom stereocenters. The molecular formula is C22H20FN3O2. The van der Waals surface area contributed by atoms with E-state index >= 15 is 0 Å². The number of hydrogen-bond donors (Lipinski definition) is 2. The first-order valence-electron chi connectivity index (χ1n) is 8.80. The zero-order valence-electron chi connectivity index (χ0n) is 15.6. The lowest BCUT2D eigenvalue weighted by Gasteiger charge is -2.09. The Morgan fingerprint density at radius 1 is 0.893 bits per heavy atom. The van der Waals surface area contributed by atoms with E-state index < -0.39 is 11.8 Å². The molecule has 0 bridgehead atoms. The molecule has 0 aliphatic heterocycles. The van der Waals surface area contributed by atoms with Crippen LogP contribution in [0.25, 0.3) is 0 Å². The highest BCUT2D eigenvalue weighted by Gasteiger charge is 2.13. The highest BCUT2D eigenvalue weighted by atomic mass is 19.1. The number of benzene rings is 2. The maximum atomic E-state index is 12.9. The van der Waals surface area contributed by atoms with E-state index in [0.29, 0.717) is 5.69 Å². The summed E-state index contributed by atoms with van der Waals surface area (Å²) in [5.74, 6) is -1.14. The quantitative estimate of drug-likeness (QED) is 0.705. The van der Waals surface area contributed by atoms with Gasteiger partial charge in [0.15, 0.2) is 0 Å². The molecule has 28 heavy (non-hydrogen) atoms. The van der Waals surface area contributed by atoms with Crippen molar-refractivity contribution in [2.45, 2.75) is 20.4 Å². The van der Waals surface area contributed by atoms with Crippen LogP contribution in [0.15, 0.2) is 60.7 Å². The topological polar surface area (TPSA) is 71.1 Å². The lowest BCUT2D eigenvalue weighted by molar-refractivity contribution is 0.0945. The van der Waals surface area contributed by atoms with Crippen LogP contribution in [0.5, 0.6) is 0 Å². The summed E-state index contributed by atoms with van der Waals surface area (Å²) in [5.41, 5.74) is 3.80. The number of nitrogens with zero attached hydrogens (tertiary/aromatic N) is 1. The fourth-order valence-corrected chi connectivity index (χ4v) is 2.80. The summed E-state index contributed by atoms with van der Waals surface area (Å²) in [5, 5.41) is 5.51. The molecule has 3 rings (SSSR count). The smallest absolute Gasteiger partial charge is 0.274 e. The summed E-state index contributed by atoms with van der Waals surface area (Å²) in [6.45, 7) is 4.14. The van der Waals surface area contributed by atoms with Gasteiger partial charge in [0.25, 0.3) is 11.8 Å². The molecule has 142 valence electrons. The highest BCUT2D eigenvalue weighted by Crippen LogP contribution is 2.15. The average Bonchev–Trinajstić information content (AvgIpc) is 2.66. The second kappa shape index (κ2) is 8.43. The van der Waals surface area contributed by atoms with Crippen molar-refractivity contribution in [1.29, 1.82) is 0 Å². The van der Waals surface area contributed by atoms with E-state index in [9.17, 15) is 14.0 Å². The minimum Gasteiger partial charge on any atom is -0.347 e. The SMILES string of the molecule is Cc1cc(C)cc(NC(=O)c2cccc(C(=O)NCc3ccc(F)cc3)n2)c1. The summed E-state index contributed by atoms with van der Waals surface area (Å²) in [4.78, 5) is 29.0. The van der Waals surface area contributed by atoms with Crippen molar-refractivity contribution in [2.75, 3.05) is 5.32 Å². The lowest BCUT2D eigenvalue weighted by atomic mass is 10.1. The van der Waals surface area contributed by atoms with Gasteiger partial charge in [-0.15, -0.1) is 0 Å². The molecule has 0 saturated carbocycles. The lowest BCUT2D eigenvalue weighted by Crippen LogP contribution is -2.25. The van der Waals surface area contributed by atoms with Gasteiger partial charge in [-0.2, -0.15) is 0 Å². The maximum Gasteiger partial charge on any atom is 0.274 e. The van der Waals surface area contributed by atoms with Crippen LogP contribution in [-0.4, -0.2) is 16.8 Å². The monoisotopic (exact) mass is 377 g/mol. The Hall–Kier alpha value is -3.54. The molecule has 3 aromatic rings.